The van der Waals surface area contributed by atoms with Crippen LogP contribution in [0.1, 0.15) is 19.5 Å². The average Bonchev–Trinajstić information content (AvgIpc) is 2.56. The van der Waals surface area contributed by atoms with E-state index in [1.54, 1.807) is 0 Å². The Labute approximate surface area is 77.7 Å². The Morgan fingerprint density at radius 2 is 2.31 bits per heavy atom. The van der Waals surface area contributed by atoms with E-state index in [4.69, 9.17) is 0 Å². The molecule has 0 unspecified atom stereocenters. The molecule has 0 N–H and O–H groups in total. The van der Waals surface area contributed by atoms with Gasteiger partial charge in [0.2, 0.25) is 0 Å². The van der Waals surface area contributed by atoms with Gasteiger partial charge in [0.25, 0.3) is 5.65 Å². The smallest absolute Gasteiger partial charge is 0.230 e. The average molecular weight is 176 g/mol. The van der Waals surface area contributed by atoms with Crippen LogP contribution >= 0.6 is 0 Å². The monoisotopic (exact) mass is 176 g/mol. The first-order valence-electron chi connectivity index (χ1n) is 4.70. The van der Waals surface area contributed by atoms with E-state index in [-0.39, 0.29) is 0 Å². The predicted molar refractivity (Wildman–Crippen MR) is 50.4 cm³/mol. The van der Waals surface area contributed by atoms with E-state index >= 15 is 0 Å². The van der Waals surface area contributed by atoms with Crippen LogP contribution in [0.25, 0.3) is 5.65 Å². The number of aryl methyl sites for hydroxylation is 2. The van der Waals surface area contributed by atoms with Gasteiger partial charge in [-0.05, 0) is 6.92 Å². The van der Waals surface area contributed by atoms with Gasteiger partial charge < -0.3 is 0 Å². The number of fused-ring (bicyclic) bond motifs is 1. The maximum absolute atomic E-state index is 4.12. The van der Waals surface area contributed by atoms with Crippen molar-refractivity contribution >= 4 is 5.65 Å². The number of aromatic nitrogens is 3. The highest BCUT2D eigenvalue weighted by Gasteiger charge is 2.12. The Balaban J connectivity index is 2.74. The molecule has 2 aromatic rings. The van der Waals surface area contributed by atoms with Crippen molar-refractivity contribution in [3.8, 4) is 0 Å². The van der Waals surface area contributed by atoms with E-state index in [0.29, 0.717) is 0 Å². The first-order chi connectivity index (χ1) is 6.36. The van der Waals surface area contributed by atoms with E-state index in [1.807, 2.05) is 18.6 Å². The molecule has 0 atom stereocenters. The molecule has 0 saturated carbocycles. The van der Waals surface area contributed by atoms with E-state index in [2.05, 4.69) is 34.0 Å². The SMILES string of the molecule is CCc1c[n+](CC)c2ccncn12. The van der Waals surface area contributed by atoms with Crippen LogP contribution in [-0.4, -0.2) is 9.38 Å². The minimum Gasteiger partial charge on any atom is -0.230 e. The van der Waals surface area contributed by atoms with Crippen molar-refractivity contribution in [3.05, 3.63) is 30.5 Å². The summed E-state index contributed by atoms with van der Waals surface area (Å²) in [4.78, 5) is 4.12. The molecular formula is C10H14N3+. The fourth-order valence-electron chi connectivity index (χ4n) is 1.63. The summed E-state index contributed by atoms with van der Waals surface area (Å²) in [7, 11) is 0. The summed E-state index contributed by atoms with van der Waals surface area (Å²) < 4.78 is 4.38. The second-order valence-corrected chi connectivity index (χ2v) is 3.07. The molecule has 0 bridgehead atoms. The summed E-state index contributed by atoms with van der Waals surface area (Å²) >= 11 is 0. The van der Waals surface area contributed by atoms with Gasteiger partial charge in [0.15, 0.2) is 6.33 Å². The highest BCUT2D eigenvalue weighted by molar-refractivity contribution is 5.31. The topological polar surface area (TPSA) is 21.2 Å². The second kappa shape index (κ2) is 3.17. The van der Waals surface area contributed by atoms with Gasteiger partial charge in [-0.15, -0.1) is 0 Å². The minimum absolute atomic E-state index is 1.01. The fraction of sp³-hybridized carbons (Fsp3) is 0.400. The molecule has 0 saturated heterocycles. The van der Waals surface area contributed by atoms with Gasteiger partial charge in [-0.25, -0.2) is 9.55 Å². The quantitative estimate of drug-likeness (QED) is 0.630. The summed E-state index contributed by atoms with van der Waals surface area (Å²) in [5, 5.41) is 0. The number of hydrogen-bond donors (Lipinski definition) is 0. The third-order valence-electron chi connectivity index (χ3n) is 2.35. The summed E-state index contributed by atoms with van der Waals surface area (Å²) in [6.07, 6.45) is 6.94. The molecule has 0 fully saturated rings. The zero-order valence-electron chi connectivity index (χ0n) is 8.07. The van der Waals surface area contributed by atoms with Crippen LogP contribution in [0.3, 0.4) is 0 Å². The van der Waals surface area contributed by atoms with Crippen molar-refractivity contribution in [1.82, 2.24) is 9.38 Å². The standard InChI is InChI=1S/C10H14N3/c1-3-9-7-12(4-2)10-5-6-11-8-13(9)10/h5-8H,3-4H2,1-2H3/q+1. The number of hydrogen-bond acceptors (Lipinski definition) is 1. The molecule has 0 aromatic carbocycles. The lowest BCUT2D eigenvalue weighted by atomic mass is 10.4. The van der Waals surface area contributed by atoms with E-state index in [1.165, 1.54) is 11.3 Å². The van der Waals surface area contributed by atoms with Gasteiger partial charge in [-0.2, -0.15) is 4.40 Å². The van der Waals surface area contributed by atoms with Crippen molar-refractivity contribution in [2.24, 2.45) is 0 Å². The van der Waals surface area contributed by atoms with Crippen molar-refractivity contribution in [2.75, 3.05) is 0 Å². The number of nitrogens with zero attached hydrogens (tertiary/aromatic N) is 3. The van der Waals surface area contributed by atoms with Gasteiger partial charge in [-0.3, -0.25) is 0 Å². The van der Waals surface area contributed by atoms with Gasteiger partial charge in [0.05, 0.1) is 6.54 Å². The van der Waals surface area contributed by atoms with Crippen LogP contribution in [0.15, 0.2) is 24.8 Å². The molecule has 0 amide bonds. The lowest BCUT2D eigenvalue weighted by molar-refractivity contribution is -0.667. The van der Waals surface area contributed by atoms with E-state index < -0.39 is 0 Å². The van der Waals surface area contributed by atoms with Crippen molar-refractivity contribution in [3.63, 3.8) is 0 Å². The third kappa shape index (κ3) is 1.20. The predicted octanol–water partition coefficient (Wildman–Crippen LogP) is 1.20. The van der Waals surface area contributed by atoms with E-state index in [0.717, 1.165) is 13.0 Å². The normalized spacial score (nSPS) is 10.9. The molecule has 0 aliphatic rings. The van der Waals surface area contributed by atoms with Gasteiger partial charge in [0, 0.05) is 18.7 Å². The Morgan fingerprint density at radius 3 is 3.00 bits per heavy atom. The minimum atomic E-state index is 1.01. The molecular weight excluding hydrogens is 162 g/mol. The molecule has 0 aliphatic heterocycles. The molecule has 0 aliphatic carbocycles. The second-order valence-electron chi connectivity index (χ2n) is 3.07. The number of imidazole rings is 1. The Morgan fingerprint density at radius 1 is 1.46 bits per heavy atom. The Bertz CT molecular complexity index is 379. The molecule has 3 heteroatoms. The molecule has 68 valence electrons. The van der Waals surface area contributed by atoms with Crippen molar-refractivity contribution in [2.45, 2.75) is 26.8 Å². The zero-order valence-corrected chi connectivity index (χ0v) is 8.07. The molecule has 2 heterocycles. The van der Waals surface area contributed by atoms with Crippen LogP contribution in [0.5, 0.6) is 0 Å². The van der Waals surface area contributed by atoms with Crippen molar-refractivity contribution < 1.29 is 4.57 Å². The largest absolute Gasteiger partial charge is 0.289 e. The molecule has 2 aromatic heterocycles. The highest BCUT2D eigenvalue weighted by atomic mass is 15.1. The third-order valence-corrected chi connectivity index (χ3v) is 2.35. The maximum atomic E-state index is 4.12. The van der Waals surface area contributed by atoms with Crippen LogP contribution in [0.4, 0.5) is 0 Å². The van der Waals surface area contributed by atoms with Gasteiger partial charge in [0.1, 0.15) is 11.9 Å². The van der Waals surface area contributed by atoms with Crippen molar-refractivity contribution in [1.29, 1.82) is 0 Å². The molecule has 0 spiro atoms. The summed E-state index contributed by atoms with van der Waals surface area (Å²) in [6, 6.07) is 2.04. The summed E-state index contributed by atoms with van der Waals surface area (Å²) in [5.41, 5.74) is 2.53. The summed E-state index contributed by atoms with van der Waals surface area (Å²) in [6.45, 7) is 5.32. The first-order valence-corrected chi connectivity index (χ1v) is 4.70. The van der Waals surface area contributed by atoms with Crippen LogP contribution in [0, 0.1) is 0 Å². The number of rotatable bonds is 2. The molecule has 3 nitrogen and oxygen atoms in total. The molecule has 13 heavy (non-hydrogen) atoms. The first kappa shape index (κ1) is 8.23. The lowest BCUT2D eigenvalue weighted by Gasteiger charge is -1.89. The zero-order chi connectivity index (χ0) is 9.26. The Hall–Kier alpha value is -1.38. The summed E-state index contributed by atoms with van der Waals surface area (Å²) in [5.74, 6) is 0. The Kier molecular flexibility index (Phi) is 2.00. The lowest BCUT2D eigenvalue weighted by Crippen LogP contribution is -2.30. The maximum Gasteiger partial charge on any atom is 0.289 e. The van der Waals surface area contributed by atoms with Crippen LogP contribution in [0.2, 0.25) is 0 Å². The molecule has 0 radical (unpaired) electrons. The van der Waals surface area contributed by atoms with Crippen LogP contribution < -0.4 is 4.57 Å². The van der Waals surface area contributed by atoms with Gasteiger partial charge in [-0.1, -0.05) is 6.92 Å². The fourth-order valence-corrected chi connectivity index (χ4v) is 1.63. The van der Waals surface area contributed by atoms with Gasteiger partial charge >= 0.3 is 0 Å². The highest BCUT2D eigenvalue weighted by Crippen LogP contribution is 2.03. The van der Waals surface area contributed by atoms with E-state index in [9.17, 15) is 0 Å². The molecule has 2 rings (SSSR count). The van der Waals surface area contributed by atoms with Crippen LogP contribution in [-0.2, 0) is 13.0 Å².